The van der Waals surface area contributed by atoms with Crippen LogP contribution in [0.5, 0.6) is 5.75 Å². The lowest BCUT2D eigenvalue weighted by Crippen LogP contribution is -2.29. The minimum atomic E-state index is -0.845. The van der Waals surface area contributed by atoms with Crippen molar-refractivity contribution in [3.63, 3.8) is 0 Å². The number of unbranched alkanes of at least 4 members (excludes halogenated alkanes) is 1. The molecule has 1 aliphatic heterocycles. The van der Waals surface area contributed by atoms with Gasteiger partial charge in [0.15, 0.2) is 0 Å². The molecular weight excluding hydrogens is 490 g/mol. The van der Waals surface area contributed by atoms with Gasteiger partial charge in [-0.1, -0.05) is 41.9 Å². The minimum Gasteiger partial charge on any atom is -0.491 e. The lowest BCUT2D eigenvalue weighted by Gasteiger charge is -2.13. The van der Waals surface area contributed by atoms with E-state index in [9.17, 15) is 9.59 Å². The number of carboxylic acid groups (broad SMARTS) is 1. The molecule has 3 aromatic carbocycles. The summed E-state index contributed by atoms with van der Waals surface area (Å²) in [4.78, 5) is 28.6. The maximum Gasteiger partial charge on any atom is 0.303 e. The molecule has 0 fully saturated rings. The number of fused-ring (bicyclic) bond motifs is 1. The molecule has 190 valence electrons. The lowest BCUT2D eigenvalue weighted by molar-refractivity contribution is -0.137. The van der Waals surface area contributed by atoms with E-state index in [1.54, 1.807) is 30.3 Å². The predicted molar refractivity (Wildman–Crippen MR) is 145 cm³/mol. The zero-order valence-corrected chi connectivity index (χ0v) is 21.2. The second-order valence-corrected chi connectivity index (χ2v) is 9.36. The van der Waals surface area contributed by atoms with E-state index in [-0.39, 0.29) is 18.4 Å². The molecule has 3 aromatic rings. The molecule has 0 unspecified atom stereocenters. The van der Waals surface area contributed by atoms with E-state index in [2.05, 4.69) is 5.32 Å². The van der Waals surface area contributed by atoms with Gasteiger partial charge in [0, 0.05) is 28.1 Å². The van der Waals surface area contributed by atoms with Gasteiger partial charge in [0.2, 0.25) is 0 Å². The van der Waals surface area contributed by atoms with Gasteiger partial charge in [-0.15, -0.1) is 0 Å². The molecule has 0 aliphatic carbocycles. The SMILES string of the molecule is Cc1cc(C(=O)N[C@@H]2COc3ccccc32)ccc1N=C(C(=N)CCCCC(=O)O)c1ccc(Cl)cc1. The number of carbonyl (C=O) groups is 2. The number of hydrogen-bond acceptors (Lipinski definition) is 5. The van der Waals surface area contributed by atoms with Crippen molar-refractivity contribution in [3.8, 4) is 5.75 Å². The minimum absolute atomic E-state index is 0.0713. The summed E-state index contributed by atoms with van der Waals surface area (Å²) >= 11 is 6.05. The first-order valence-corrected chi connectivity index (χ1v) is 12.5. The van der Waals surface area contributed by atoms with Crippen molar-refractivity contribution in [2.24, 2.45) is 4.99 Å². The number of carboxylic acids is 1. The lowest BCUT2D eigenvalue weighted by atomic mass is 10.0. The van der Waals surface area contributed by atoms with Crippen LogP contribution in [0.2, 0.25) is 5.02 Å². The standard InChI is InChI=1S/C29H28ClN3O4/c1-18-16-20(29(36)33-25-17-37-26-8-4-2-6-22(25)26)12-15-24(18)32-28(19-10-13-21(30)14-11-19)23(31)7-3-5-9-27(34)35/h2,4,6,8,10-16,25,31H,3,5,7,9,17H2,1H3,(H,33,36)(H,34,35)/t25-/m1/s1. The highest BCUT2D eigenvalue weighted by Crippen LogP contribution is 2.32. The number of para-hydroxylation sites is 1. The van der Waals surface area contributed by atoms with Crippen LogP contribution in [-0.2, 0) is 4.79 Å². The molecule has 8 heteroatoms. The first kappa shape index (κ1) is 26.1. The monoisotopic (exact) mass is 517 g/mol. The molecule has 1 amide bonds. The summed E-state index contributed by atoms with van der Waals surface area (Å²) in [5.74, 6) is -0.260. The normalized spacial score (nSPS) is 14.5. The van der Waals surface area contributed by atoms with E-state index in [1.807, 2.05) is 43.3 Å². The number of nitrogens with one attached hydrogen (secondary N) is 2. The third-order valence-electron chi connectivity index (χ3n) is 6.17. The molecule has 0 spiro atoms. The Morgan fingerprint density at radius 1 is 1.05 bits per heavy atom. The van der Waals surface area contributed by atoms with Crippen LogP contribution in [0.3, 0.4) is 0 Å². The number of ether oxygens (including phenoxy) is 1. The van der Waals surface area contributed by atoms with Gasteiger partial charge in [0.25, 0.3) is 5.91 Å². The first-order chi connectivity index (χ1) is 17.8. The molecule has 0 bridgehead atoms. The molecular formula is C29H28ClN3O4. The van der Waals surface area contributed by atoms with Crippen molar-refractivity contribution in [1.29, 1.82) is 5.41 Å². The van der Waals surface area contributed by atoms with Gasteiger partial charge in [0.1, 0.15) is 12.4 Å². The summed E-state index contributed by atoms with van der Waals surface area (Å²) in [6, 6.07) is 19.8. The second kappa shape index (κ2) is 11.8. The van der Waals surface area contributed by atoms with Crippen LogP contribution < -0.4 is 10.1 Å². The highest BCUT2D eigenvalue weighted by atomic mass is 35.5. The van der Waals surface area contributed by atoms with Crippen LogP contribution in [0.15, 0.2) is 71.7 Å². The zero-order chi connectivity index (χ0) is 26.4. The van der Waals surface area contributed by atoms with Gasteiger partial charge in [-0.25, -0.2) is 4.99 Å². The average Bonchev–Trinajstić information content (AvgIpc) is 3.29. The van der Waals surface area contributed by atoms with Gasteiger partial charge in [0.05, 0.1) is 23.2 Å². The number of halogens is 1. The highest BCUT2D eigenvalue weighted by molar-refractivity contribution is 6.47. The third kappa shape index (κ3) is 6.62. The van der Waals surface area contributed by atoms with E-state index in [0.29, 0.717) is 53.6 Å². The maximum atomic E-state index is 13.0. The molecule has 0 aromatic heterocycles. The van der Waals surface area contributed by atoms with Gasteiger partial charge < -0.3 is 20.6 Å². The Morgan fingerprint density at radius 2 is 1.76 bits per heavy atom. The van der Waals surface area contributed by atoms with Crippen LogP contribution >= 0.6 is 11.6 Å². The Bertz CT molecular complexity index is 1350. The predicted octanol–water partition coefficient (Wildman–Crippen LogP) is 6.30. The molecule has 7 nitrogen and oxygen atoms in total. The summed E-state index contributed by atoms with van der Waals surface area (Å²) in [6.45, 7) is 2.27. The summed E-state index contributed by atoms with van der Waals surface area (Å²) in [6.07, 6.45) is 1.54. The fourth-order valence-corrected chi connectivity index (χ4v) is 4.30. The topological polar surface area (TPSA) is 112 Å². The van der Waals surface area contributed by atoms with Crippen molar-refractivity contribution >= 4 is 40.6 Å². The molecule has 0 saturated carbocycles. The summed E-state index contributed by atoms with van der Waals surface area (Å²) < 4.78 is 5.66. The van der Waals surface area contributed by atoms with Crippen molar-refractivity contribution in [1.82, 2.24) is 5.32 Å². The Morgan fingerprint density at radius 3 is 2.49 bits per heavy atom. The summed E-state index contributed by atoms with van der Waals surface area (Å²) in [7, 11) is 0. The van der Waals surface area contributed by atoms with Crippen LogP contribution in [0.4, 0.5) is 5.69 Å². The highest BCUT2D eigenvalue weighted by Gasteiger charge is 2.25. The number of amides is 1. The van der Waals surface area contributed by atoms with E-state index >= 15 is 0 Å². The van der Waals surface area contributed by atoms with Gasteiger partial charge in [-0.05, 0) is 68.1 Å². The van der Waals surface area contributed by atoms with E-state index in [1.165, 1.54) is 0 Å². The Hall–Kier alpha value is -3.97. The Labute approximate surface area is 220 Å². The van der Waals surface area contributed by atoms with E-state index in [0.717, 1.165) is 22.4 Å². The number of rotatable bonds is 10. The molecule has 37 heavy (non-hydrogen) atoms. The van der Waals surface area contributed by atoms with Crippen LogP contribution in [0.25, 0.3) is 0 Å². The second-order valence-electron chi connectivity index (χ2n) is 8.92. The molecule has 0 radical (unpaired) electrons. The number of aliphatic carboxylic acids is 1. The molecule has 1 aliphatic rings. The molecule has 4 rings (SSSR count). The largest absolute Gasteiger partial charge is 0.491 e. The summed E-state index contributed by atoms with van der Waals surface area (Å²) in [5.41, 5.74) is 4.46. The number of benzene rings is 3. The van der Waals surface area contributed by atoms with Gasteiger partial charge >= 0.3 is 5.97 Å². The molecule has 3 N–H and O–H groups in total. The van der Waals surface area contributed by atoms with Crippen molar-refractivity contribution < 1.29 is 19.4 Å². The number of aliphatic imine (C=N–C) groups is 1. The number of hydrogen-bond donors (Lipinski definition) is 3. The average molecular weight is 518 g/mol. The zero-order valence-electron chi connectivity index (χ0n) is 20.5. The van der Waals surface area contributed by atoms with Crippen LogP contribution in [-0.4, -0.2) is 35.0 Å². The molecule has 1 heterocycles. The van der Waals surface area contributed by atoms with Crippen molar-refractivity contribution in [3.05, 3.63) is 94.0 Å². The maximum absolute atomic E-state index is 13.0. The van der Waals surface area contributed by atoms with Crippen LogP contribution in [0.1, 0.15) is 58.8 Å². The van der Waals surface area contributed by atoms with E-state index < -0.39 is 5.97 Å². The quantitative estimate of drug-likeness (QED) is 0.216. The van der Waals surface area contributed by atoms with E-state index in [4.69, 9.17) is 31.8 Å². The van der Waals surface area contributed by atoms with Crippen LogP contribution in [0, 0.1) is 12.3 Å². The van der Waals surface area contributed by atoms with Gasteiger partial charge in [-0.2, -0.15) is 0 Å². The fraction of sp³-hybridized carbons (Fsp3) is 0.241. The molecule has 1 atom stereocenters. The summed E-state index contributed by atoms with van der Waals surface area (Å²) in [5, 5.41) is 21.1. The van der Waals surface area contributed by atoms with Crippen molar-refractivity contribution in [2.45, 2.75) is 38.6 Å². The third-order valence-corrected chi connectivity index (χ3v) is 6.42. The first-order valence-electron chi connectivity index (χ1n) is 12.1. The number of nitrogens with zero attached hydrogens (tertiary/aromatic N) is 1. The van der Waals surface area contributed by atoms with Gasteiger partial charge in [-0.3, -0.25) is 9.59 Å². The Kier molecular flexibility index (Phi) is 8.36. The molecule has 0 saturated heterocycles. The fourth-order valence-electron chi connectivity index (χ4n) is 4.18. The van der Waals surface area contributed by atoms with Crippen molar-refractivity contribution in [2.75, 3.05) is 6.61 Å². The number of aryl methyl sites for hydroxylation is 1. The smallest absolute Gasteiger partial charge is 0.303 e. The Balaban J connectivity index is 1.53. The number of carbonyl (C=O) groups excluding carboxylic acids is 1.